The van der Waals surface area contributed by atoms with E-state index in [0.29, 0.717) is 31.6 Å². The van der Waals surface area contributed by atoms with Crippen LogP contribution >= 0.6 is 15.6 Å². The quantitative estimate of drug-likeness (QED) is 0.0222. The summed E-state index contributed by atoms with van der Waals surface area (Å²) in [6, 6.07) is 0. The van der Waals surface area contributed by atoms with Gasteiger partial charge in [-0.3, -0.25) is 37.3 Å². The molecule has 17 nitrogen and oxygen atoms in total. The molecule has 0 aliphatic carbocycles. The molecule has 0 saturated heterocycles. The van der Waals surface area contributed by atoms with E-state index in [1.165, 1.54) is 180 Å². The first-order valence-electron chi connectivity index (χ1n) is 39.2. The van der Waals surface area contributed by atoms with E-state index in [4.69, 9.17) is 37.0 Å². The van der Waals surface area contributed by atoms with Crippen LogP contribution in [0.15, 0.2) is 0 Å². The number of aliphatic hydroxyl groups is 1. The summed E-state index contributed by atoms with van der Waals surface area (Å²) in [6.45, 7) is 14.2. The Morgan fingerprint density at radius 2 is 0.505 bits per heavy atom. The van der Waals surface area contributed by atoms with Gasteiger partial charge in [-0.1, -0.05) is 331 Å². The van der Waals surface area contributed by atoms with Gasteiger partial charge in [-0.15, -0.1) is 0 Å². The molecule has 0 aliphatic rings. The van der Waals surface area contributed by atoms with Gasteiger partial charge in [0.2, 0.25) is 0 Å². The molecule has 0 aromatic carbocycles. The highest BCUT2D eigenvalue weighted by Gasteiger charge is 2.30. The van der Waals surface area contributed by atoms with Crippen molar-refractivity contribution in [2.24, 2.45) is 23.7 Å². The predicted octanol–water partition coefficient (Wildman–Crippen LogP) is 22.0. The molecular formula is C76H148O17P2. The largest absolute Gasteiger partial charge is 0.472 e. The first-order chi connectivity index (χ1) is 45.6. The zero-order valence-corrected chi connectivity index (χ0v) is 64.1. The third-order valence-corrected chi connectivity index (χ3v) is 19.8. The van der Waals surface area contributed by atoms with Crippen LogP contribution in [-0.4, -0.2) is 96.7 Å². The SMILES string of the molecule is CCC(C)CCCCCCCCCCCCCCCCC(=O)OC[C@H](COP(=O)(O)OC[C@@H](O)COP(=O)(O)OC[C@@H](COC(=O)CCCCCCCCC(C)C)OC(=O)CCCCCCCCCCCCCCCCC(C)C)OC(=O)CCCCCCCCCCC(C)C. The van der Waals surface area contributed by atoms with Gasteiger partial charge in [0.15, 0.2) is 12.2 Å². The molecule has 0 heterocycles. The van der Waals surface area contributed by atoms with Gasteiger partial charge in [0.1, 0.15) is 19.3 Å². The standard InChI is InChI=1S/C76H148O17P2/c1-9-69(8)55-47-39-30-23-19-15-11-13-16-20-24-31-40-48-56-73(78)86-62-71(93-76(81)59-51-43-33-27-26-29-37-45-53-67(4)5)64-90-94(82,83)88-60-70(77)61-89-95(84,85)91-65-72(63-87-74(79)57-49-41-35-34-38-46-54-68(6)7)92-75(80)58-50-42-32-25-21-17-12-10-14-18-22-28-36-44-52-66(2)3/h66-72,77H,9-65H2,1-8H3,(H,82,83)(H,84,85)/t69?,70-,71-,72-/m1/s1. The summed E-state index contributed by atoms with van der Waals surface area (Å²) in [5.74, 6) is 0.918. The number of rotatable bonds is 73. The lowest BCUT2D eigenvalue weighted by atomic mass is 9.99. The van der Waals surface area contributed by atoms with Crippen molar-refractivity contribution in [3.8, 4) is 0 Å². The molecule has 0 aromatic heterocycles. The van der Waals surface area contributed by atoms with Crippen LogP contribution in [0.25, 0.3) is 0 Å². The van der Waals surface area contributed by atoms with Crippen LogP contribution in [0.2, 0.25) is 0 Å². The van der Waals surface area contributed by atoms with Crippen molar-refractivity contribution < 1.29 is 80.2 Å². The number of phosphoric acid groups is 2. The Balaban J connectivity index is 5.19. The molecular weight excluding hydrogens is 1250 g/mol. The van der Waals surface area contributed by atoms with Crippen LogP contribution in [0, 0.1) is 23.7 Å². The second-order valence-corrected chi connectivity index (χ2v) is 32.0. The van der Waals surface area contributed by atoms with E-state index >= 15 is 0 Å². The van der Waals surface area contributed by atoms with Crippen LogP contribution in [0.4, 0.5) is 0 Å². The van der Waals surface area contributed by atoms with Gasteiger partial charge in [0, 0.05) is 25.7 Å². The maximum Gasteiger partial charge on any atom is 0.472 e. The third kappa shape index (κ3) is 69.0. The average Bonchev–Trinajstić information content (AvgIpc) is 1.75. The van der Waals surface area contributed by atoms with Crippen LogP contribution in [0.5, 0.6) is 0 Å². The van der Waals surface area contributed by atoms with E-state index in [9.17, 15) is 43.2 Å². The summed E-state index contributed by atoms with van der Waals surface area (Å²) in [6.07, 6.45) is 50.1. The van der Waals surface area contributed by atoms with Gasteiger partial charge in [-0.2, -0.15) is 0 Å². The second-order valence-electron chi connectivity index (χ2n) is 29.1. The van der Waals surface area contributed by atoms with E-state index in [1.54, 1.807) is 0 Å². The van der Waals surface area contributed by atoms with Crippen LogP contribution in [0.1, 0.15) is 383 Å². The molecule has 0 fully saturated rings. The van der Waals surface area contributed by atoms with Crippen LogP contribution < -0.4 is 0 Å². The van der Waals surface area contributed by atoms with Gasteiger partial charge in [-0.25, -0.2) is 9.13 Å². The zero-order chi connectivity index (χ0) is 70.3. The van der Waals surface area contributed by atoms with Gasteiger partial charge in [0.05, 0.1) is 26.4 Å². The number of ether oxygens (including phenoxy) is 4. The lowest BCUT2D eigenvalue weighted by Gasteiger charge is -2.21. The Morgan fingerprint density at radius 3 is 0.747 bits per heavy atom. The Kier molecular flexibility index (Phi) is 64.0. The maximum absolute atomic E-state index is 13.1. The van der Waals surface area contributed by atoms with Crippen LogP contribution in [0.3, 0.4) is 0 Å². The molecule has 0 spiro atoms. The number of carbonyl (C=O) groups excluding carboxylic acids is 4. The molecule has 3 unspecified atom stereocenters. The van der Waals surface area contributed by atoms with Crippen molar-refractivity contribution in [3.05, 3.63) is 0 Å². The summed E-state index contributed by atoms with van der Waals surface area (Å²) in [7, 11) is -9.91. The molecule has 0 rings (SSSR count). The molecule has 6 atom stereocenters. The minimum Gasteiger partial charge on any atom is -0.462 e. The molecule has 564 valence electrons. The Labute approximate surface area is 581 Å². The molecule has 0 radical (unpaired) electrons. The highest BCUT2D eigenvalue weighted by molar-refractivity contribution is 7.47. The number of phosphoric ester groups is 2. The van der Waals surface area contributed by atoms with Crippen molar-refractivity contribution in [1.29, 1.82) is 0 Å². The fourth-order valence-electron chi connectivity index (χ4n) is 11.5. The highest BCUT2D eigenvalue weighted by atomic mass is 31.2. The van der Waals surface area contributed by atoms with Gasteiger partial charge in [-0.05, 0) is 49.4 Å². The van der Waals surface area contributed by atoms with Gasteiger partial charge < -0.3 is 33.8 Å². The van der Waals surface area contributed by atoms with Crippen molar-refractivity contribution in [2.75, 3.05) is 39.6 Å². The summed E-state index contributed by atoms with van der Waals surface area (Å²) in [5.41, 5.74) is 0. The lowest BCUT2D eigenvalue weighted by molar-refractivity contribution is -0.161. The maximum atomic E-state index is 13.1. The second kappa shape index (κ2) is 65.4. The van der Waals surface area contributed by atoms with E-state index in [2.05, 4.69) is 55.4 Å². The smallest absolute Gasteiger partial charge is 0.462 e. The van der Waals surface area contributed by atoms with Crippen molar-refractivity contribution >= 4 is 39.5 Å². The van der Waals surface area contributed by atoms with E-state index < -0.39 is 97.5 Å². The Hall–Kier alpha value is -1.94. The molecule has 0 saturated carbocycles. The molecule has 3 N–H and O–H groups in total. The predicted molar refractivity (Wildman–Crippen MR) is 386 cm³/mol. The Morgan fingerprint density at radius 1 is 0.295 bits per heavy atom. The van der Waals surface area contributed by atoms with Gasteiger partial charge >= 0.3 is 39.5 Å². The summed E-state index contributed by atoms with van der Waals surface area (Å²) in [4.78, 5) is 72.7. The number of hydrogen-bond acceptors (Lipinski definition) is 15. The van der Waals surface area contributed by atoms with E-state index in [0.717, 1.165) is 114 Å². The summed E-state index contributed by atoms with van der Waals surface area (Å²) < 4.78 is 68.5. The summed E-state index contributed by atoms with van der Waals surface area (Å²) in [5, 5.41) is 10.6. The lowest BCUT2D eigenvalue weighted by Crippen LogP contribution is -2.30. The normalized spacial score (nSPS) is 14.4. The van der Waals surface area contributed by atoms with Crippen LogP contribution in [-0.2, 0) is 65.4 Å². The molecule has 0 amide bonds. The molecule has 19 heteroatoms. The Bertz CT molecular complexity index is 1870. The fraction of sp³-hybridized carbons (Fsp3) is 0.947. The number of aliphatic hydroxyl groups excluding tert-OH is 1. The number of unbranched alkanes of at least 4 members (excludes halogenated alkanes) is 38. The van der Waals surface area contributed by atoms with Crippen molar-refractivity contribution in [1.82, 2.24) is 0 Å². The number of esters is 4. The monoisotopic (exact) mass is 1400 g/mol. The number of carbonyl (C=O) groups is 4. The number of hydrogen-bond donors (Lipinski definition) is 3. The van der Waals surface area contributed by atoms with E-state index in [1.807, 2.05) is 0 Å². The topological polar surface area (TPSA) is 237 Å². The first-order valence-corrected chi connectivity index (χ1v) is 42.2. The zero-order valence-electron chi connectivity index (χ0n) is 62.3. The van der Waals surface area contributed by atoms with Crippen molar-refractivity contribution in [3.63, 3.8) is 0 Å². The minimum atomic E-state index is -4.96. The van der Waals surface area contributed by atoms with Crippen molar-refractivity contribution in [2.45, 2.75) is 401 Å². The molecule has 0 bridgehead atoms. The minimum absolute atomic E-state index is 0.104. The van der Waals surface area contributed by atoms with E-state index in [-0.39, 0.29) is 25.7 Å². The fourth-order valence-corrected chi connectivity index (χ4v) is 13.1. The molecule has 0 aromatic rings. The first kappa shape index (κ1) is 93.1. The average molecular weight is 1400 g/mol. The third-order valence-electron chi connectivity index (χ3n) is 17.9. The molecule has 95 heavy (non-hydrogen) atoms. The highest BCUT2D eigenvalue weighted by Crippen LogP contribution is 2.45. The van der Waals surface area contributed by atoms with Gasteiger partial charge in [0.25, 0.3) is 0 Å². The molecule has 0 aliphatic heterocycles. The summed E-state index contributed by atoms with van der Waals surface area (Å²) >= 11 is 0.